The van der Waals surface area contributed by atoms with E-state index in [1.165, 1.54) is 11.1 Å². The highest BCUT2D eigenvalue weighted by Gasteiger charge is 2.38. The van der Waals surface area contributed by atoms with Crippen molar-refractivity contribution in [3.05, 3.63) is 161 Å². The zero-order valence-electron chi connectivity index (χ0n) is 20.7. The maximum atomic E-state index is 11.1. The number of hydrogen-bond acceptors (Lipinski definition) is 2. The number of aliphatic hydroxyl groups excluding tert-OH is 1. The number of rotatable bonds is 9. The summed E-state index contributed by atoms with van der Waals surface area (Å²) in [4.78, 5) is 4.71. The molecule has 0 saturated heterocycles. The Morgan fingerprint density at radius 1 is 0.750 bits per heavy atom. The first kappa shape index (κ1) is 23.8. The Morgan fingerprint density at radius 2 is 1.31 bits per heavy atom. The van der Waals surface area contributed by atoms with E-state index in [1.807, 2.05) is 30.7 Å². The molecule has 1 unspecified atom stereocenters. The fourth-order valence-electron chi connectivity index (χ4n) is 5.19. The van der Waals surface area contributed by atoms with Crippen molar-refractivity contribution in [2.45, 2.75) is 37.8 Å². The average molecular weight is 473 g/mol. The van der Waals surface area contributed by atoms with Crippen LogP contribution < -0.4 is 0 Å². The van der Waals surface area contributed by atoms with Gasteiger partial charge < -0.3 is 9.67 Å². The summed E-state index contributed by atoms with van der Waals surface area (Å²) in [6.07, 6.45) is 5.78. The van der Waals surface area contributed by atoms with Gasteiger partial charge in [-0.3, -0.25) is 0 Å². The number of nitrogens with zero attached hydrogens (tertiary/aromatic N) is 2. The minimum Gasteiger partial charge on any atom is -0.387 e. The molecule has 3 heteroatoms. The first-order valence-electron chi connectivity index (χ1n) is 12.6. The molecule has 0 bridgehead atoms. The highest BCUT2D eigenvalue weighted by molar-refractivity contribution is 5.50. The van der Waals surface area contributed by atoms with Gasteiger partial charge in [0, 0.05) is 6.20 Å². The predicted octanol–water partition coefficient (Wildman–Crippen LogP) is 7.09. The maximum absolute atomic E-state index is 11.1. The molecule has 4 aromatic carbocycles. The summed E-state index contributed by atoms with van der Waals surface area (Å²) in [5.74, 6) is 0. The second kappa shape index (κ2) is 10.8. The predicted molar refractivity (Wildman–Crippen MR) is 146 cm³/mol. The number of imidazole rings is 1. The summed E-state index contributed by atoms with van der Waals surface area (Å²) in [5.41, 5.74) is 6.08. The van der Waals surface area contributed by atoms with E-state index in [1.54, 1.807) is 0 Å². The molecule has 0 amide bonds. The van der Waals surface area contributed by atoms with Gasteiger partial charge in [0.2, 0.25) is 0 Å². The molecular weight excluding hydrogens is 440 g/mol. The van der Waals surface area contributed by atoms with Crippen molar-refractivity contribution >= 4 is 0 Å². The Kier molecular flexibility index (Phi) is 7.11. The molecule has 36 heavy (non-hydrogen) atoms. The van der Waals surface area contributed by atoms with Gasteiger partial charge in [-0.25, -0.2) is 4.98 Å². The first-order valence-corrected chi connectivity index (χ1v) is 12.6. The number of hydrogen-bond donors (Lipinski definition) is 1. The molecule has 180 valence electrons. The van der Waals surface area contributed by atoms with Crippen molar-refractivity contribution in [2.75, 3.05) is 0 Å². The van der Waals surface area contributed by atoms with Crippen LogP contribution in [0.3, 0.4) is 0 Å². The van der Waals surface area contributed by atoms with Crippen molar-refractivity contribution in [3.8, 4) is 0 Å². The molecular formula is C33H32N2O. The lowest BCUT2D eigenvalue weighted by Crippen LogP contribution is -2.37. The summed E-state index contributed by atoms with van der Waals surface area (Å²) in [6, 6.07) is 40.2. The topological polar surface area (TPSA) is 38.0 Å². The third kappa shape index (κ3) is 4.75. The van der Waals surface area contributed by atoms with E-state index in [0.717, 1.165) is 29.5 Å². The van der Waals surface area contributed by atoms with Crippen LogP contribution in [0.5, 0.6) is 0 Å². The molecule has 1 aromatic heterocycles. The molecule has 0 saturated carbocycles. The molecule has 0 radical (unpaired) electrons. The Bertz CT molecular complexity index is 1280. The van der Waals surface area contributed by atoms with Crippen LogP contribution in [0.25, 0.3) is 0 Å². The molecule has 3 nitrogen and oxygen atoms in total. The van der Waals surface area contributed by atoms with Gasteiger partial charge in [0.1, 0.15) is 5.54 Å². The third-order valence-corrected chi connectivity index (χ3v) is 6.93. The molecule has 0 fully saturated rings. The molecule has 1 heterocycles. The van der Waals surface area contributed by atoms with Crippen LogP contribution in [-0.2, 0) is 12.0 Å². The van der Waals surface area contributed by atoms with Crippen LogP contribution in [0.2, 0.25) is 0 Å². The van der Waals surface area contributed by atoms with E-state index in [9.17, 15) is 5.11 Å². The average Bonchev–Trinajstić information content (AvgIpc) is 3.42. The minimum atomic E-state index is -0.615. The van der Waals surface area contributed by atoms with Crippen molar-refractivity contribution < 1.29 is 5.11 Å². The third-order valence-electron chi connectivity index (χ3n) is 6.93. The Morgan fingerprint density at radius 3 is 1.83 bits per heavy atom. The lowest BCUT2D eigenvalue weighted by Gasteiger charge is -2.37. The molecule has 1 N–H and O–H groups in total. The molecule has 5 aromatic rings. The van der Waals surface area contributed by atoms with E-state index < -0.39 is 11.6 Å². The molecule has 1 atom stereocenters. The fraction of sp³-hybridized carbons (Fsp3) is 0.182. The summed E-state index contributed by atoms with van der Waals surface area (Å²) >= 11 is 0. The van der Waals surface area contributed by atoms with Gasteiger partial charge in [0.15, 0.2) is 0 Å². The highest BCUT2D eigenvalue weighted by Crippen LogP contribution is 2.41. The normalized spacial score (nSPS) is 12.4. The summed E-state index contributed by atoms with van der Waals surface area (Å²) in [5, 5.41) is 11.1. The van der Waals surface area contributed by atoms with Crippen molar-refractivity contribution in [3.63, 3.8) is 0 Å². The van der Waals surface area contributed by atoms with E-state index >= 15 is 0 Å². The minimum absolute atomic E-state index is 0.615. The van der Waals surface area contributed by atoms with Gasteiger partial charge in [-0.15, -0.1) is 0 Å². The van der Waals surface area contributed by atoms with Crippen LogP contribution >= 0.6 is 0 Å². The SMILES string of the molecule is Cc1cccc(CCCC(O)c2cn(C(c3ccccc3)(c3ccccc3)c3ccccc3)cn2)c1. The summed E-state index contributed by atoms with van der Waals surface area (Å²) in [7, 11) is 0. The fourth-order valence-corrected chi connectivity index (χ4v) is 5.19. The number of benzene rings is 4. The van der Waals surface area contributed by atoms with E-state index in [0.29, 0.717) is 12.1 Å². The largest absolute Gasteiger partial charge is 0.387 e. The van der Waals surface area contributed by atoms with Gasteiger partial charge in [0.05, 0.1) is 18.1 Å². The van der Waals surface area contributed by atoms with Gasteiger partial charge in [-0.2, -0.15) is 0 Å². The van der Waals surface area contributed by atoms with Gasteiger partial charge in [0.25, 0.3) is 0 Å². The van der Waals surface area contributed by atoms with Crippen molar-refractivity contribution in [1.29, 1.82) is 0 Å². The molecule has 0 aliphatic heterocycles. The lowest BCUT2D eigenvalue weighted by atomic mass is 9.77. The molecule has 0 aliphatic carbocycles. The second-order valence-corrected chi connectivity index (χ2v) is 9.41. The zero-order chi connectivity index (χ0) is 24.8. The van der Waals surface area contributed by atoms with Crippen LogP contribution in [0, 0.1) is 6.92 Å². The first-order chi connectivity index (χ1) is 17.7. The maximum Gasteiger partial charge on any atom is 0.121 e. The molecule has 0 aliphatic rings. The van der Waals surface area contributed by atoms with Crippen LogP contribution in [0.1, 0.15) is 52.5 Å². The molecule has 5 rings (SSSR count). The number of aryl methyl sites for hydroxylation is 2. The Labute approximate surface area is 213 Å². The standard InChI is InChI=1S/C33H32N2O/c1-26-13-11-14-27(23-26)15-12-22-32(36)31-24-35(25-34-31)33(28-16-5-2-6-17-28,29-18-7-3-8-19-29)30-20-9-4-10-21-30/h2-11,13-14,16-21,23-25,32,36H,12,15,22H2,1H3. The quantitative estimate of drug-likeness (QED) is 0.233. The van der Waals surface area contributed by atoms with Gasteiger partial charge in [-0.1, -0.05) is 121 Å². The highest BCUT2D eigenvalue weighted by atomic mass is 16.3. The Hall–Kier alpha value is -3.95. The smallest absolute Gasteiger partial charge is 0.121 e. The van der Waals surface area contributed by atoms with Crippen LogP contribution in [0.15, 0.2) is 128 Å². The monoisotopic (exact) mass is 472 g/mol. The zero-order valence-corrected chi connectivity index (χ0v) is 20.7. The summed E-state index contributed by atoms with van der Waals surface area (Å²) < 4.78 is 2.16. The van der Waals surface area contributed by atoms with E-state index in [-0.39, 0.29) is 0 Å². The summed E-state index contributed by atoms with van der Waals surface area (Å²) in [6.45, 7) is 2.11. The number of aliphatic hydroxyl groups is 1. The Balaban J connectivity index is 1.51. The van der Waals surface area contributed by atoms with Gasteiger partial charge in [-0.05, 0) is 48.4 Å². The van der Waals surface area contributed by atoms with Crippen LogP contribution in [0.4, 0.5) is 0 Å². The van der Waals surface area contributed by atoms with Gasteiger partial charge >= 0.3 is 0 Å². The van der Waals surface area contributed by atoms with E-state index in [2.05, 4.69) is 109 Å². The van der Waals surface area contributed by atoms with Crippen molar-refractivity contribution in [1.82, 2.24) is 9.55 Å². The van der Waals surface area contributed by atoms with Crippen LogP contribution in [-0.4, -0.2) is 14.7 Å². The lowest BCUT2D eigenvalue weighted by molar-refractivity contribution is 0.160. The second-order valence-electron chi connectivity index (χ2n) is 9.41. The number of aromatic nitrogens is 2. The van der Waals surface area contributed by atoms with Crippen molar-refractivity contribution in [2.24, 2.45) is 0 Å². The molecule has 0 spiro atoms. The van der Waals surface area contributed by atoms with E-state index in [4.69, 9.17) is 4.98 Å².